The molecule has 2 N–H and O–H groups in total. The molecule has 1 fully saturated rings. The zero-order valence-electron chi connectivity index (χ0n) is 20.4. The molecule has 0 spiro atoms. The van der Waals surface area contributed by atoms with Crippen molar-refractivity contribution < 1.29 is 4.79 Å². The molecule has 0 unspecified atom stereocenters. The van der Waals surface area contributed by atoms with Crippen molar-refractivity contribution in [2.24, 2.45) is 0 Å². The van der Waals surface area contributed by atoms with Crippen LogP contribution in [0.1, 0.15) is 57.9 Å². The maximum absolute atomic E-state index is 13.4. The van der Waals surface area contributed by atoms with Crippen molar-refractivity contribution in [3.63, 3.8) is 0 Å². The first-order valence-electron chi connectivity index (χ1n) is 11.6. The predicted molar refractivity (Wildman–Crippen MR) is 141 cm³/mol. The summed E-state index contributed by atoms with van der Waals surface area (Å²) in [6.45, 7) is 9.60. The van der Waals surface area contributed by atoms with Crippen molar-refractivity contribution in [3.8, 4) is 0 Å². The number of thiazole rings is 1. The SMILES string of the molecule is CNc1cc(Cl)c(C(=O)N2CCN(Cc3csc(C)n3)CC2)cc1C(=N)c1ccnc(C(C)C)n1. The molecule has 10 heteroatoms. The Morgan fingerprint density at radius 1 is 1.20 bits per heavy atom. The summed E-state index contributed by atoms with van der Waals surface area (Å²) in [5.74, 6) is 0.697. The molecule has 0 saturated carbocycles. The fraction of sp³-hybridized carbons (Fsp3) is 0.400. The van der Waals surface area contributed by atoms with E-state index in [0.29, 0.717) is 46.4 Å². The topological polar surface area (TPSA) is 98.1 Å². The van der Waals surface area contributed by atoms with Crippen LogP contribution >= 0.6 is 22.9 Å². The van der Waals surface area contributed by atoms with Crippen LogP contribution in [-0.2, 0) is 6.54 Å². The number of hydrogen-bond acceptors (Lipinski definition) is 8. The molecule has 1 aliphatic heterocycles. The molecule has 1 saturated heterocycles. The van der Waals surface area contributed by atoms with Gasteiger partial charge in [-0.3, -0.25) is 15.1 Å². The van der Waals surface area contributed by atoms with Gasteiger partial charge in [-0.15, -0.1) is 11.3 Å². The number of halogens is 1. The Morgan fingerprint density at radius 3 is 2.57 bits per heavy atom. The molecule has 184 valence electrons. The van der Waals surface area contributed by atoms with Crippen molar-refractivity contribution in [1.82, 2.24) is 24.8 Å². The largest absolute Gasteiger partial charge is 0.388 e. The van der Waals surface area contributed by atoms with Crippen LogP contribution in [-0.4, -0.2) is 69.6 Å². The molecule has 0 aliphatic carbocycles. The minimum absolute atomic E-state index is 0.124. The Bertz CT molecular complexity index is 1230. The molecule has 0 radical (unpaired) electrons. The molecule has 4 rings (SSSR count). The highest BCUT2D eigenvalue weighted by Crippen LogP contribution is 2.29. The Balaban J connectivity index is 1.53. The summed E-state index contributed by atoms with van der Waals surface area (Å²) in [6, 6.07) is 5.14. The average Bonchev–Trinajstić information content (AvgIpc) is 3.27. The van der Waals surface area contributed by atoms with Crippen molar-refractivity contribution in [3.05, 3.63) is 68.1 Å². The van der Waals surface area contributed by atoms with E-state index >= 15 is 0 Å². The van der Waals surface area contributed by atoms with E-state index in [0.717, 1.165) is 30.3 Å². The zero-order chi connectivity index (χ0) is 25.1. The predicted octanol–water partition coefficient (Wildman–Crippen LogP) is 4.43. The molecule has 35 heavy (non-hydrogen) atoms. The van der Waals surface area contributed by atoms with Crippen LogP contribution in [0.2, 0.25) is 5.02 Å². The third kappa shape index (κ3) is 5.69. The lowest BCUT2D eigenvalue weighted by Crippen LogP contribution is -2.48. The number of carbonyl (C=O) groups is 1. The van der Waals surface area contributed by atoms with E-state index in [1.807, 2.05) is 25.7 Å². The molecule has 8 nitrogen and oxygen atoms in total. The van der Waals surface area contributed by atoms with E-state index < -0.39 is 0 Å². The summed E-state index contributed by atoms with van der Waals surface area (Å²) in [5.41, 5.74) is 3.44. The van der Waals surface area contributed by atoms with Crippen LogP contribution in [0.5, 0.6) is 0 Å². The summed E-state index contributed by atoms with van der Waals surface area (Å²) < 4.78 is 0. The van der Waals surface area contributed by atoms with E-state index in [2.05, 4.69) is 30.5 Å². The summed E-state index contributed by atoms with van der Waals surface area (Å²) in [6.07, 6.45) is 1.67. The Kier molecular flexibility index (Phi) is 7.78. The van der Waals surface area contributed by atoms with Gasteiger partial charge in [0.15, 0.2) is 0 Å². The van der Waals surface area contributed by atoms with Gasteiger partial charge in [0, 0.05) is 68.5 Å². The molecule has 1 aromatic carbocycles. The first-order chi connectivity index (χ1) is 16.8. The highest BCUT2D eigenvalue weighted by molar-refractivity contribution is 7.09. The van der Waals surface area contributed by atoms with Crippen molar-refractivity contribution in [2.45, 2.75) is 33.2 Å². The van der Waals surface area contributed by atoms with Gasteiger partial charge in [-0.05, 0) is 25.1 Å². The second kappa shape index (κ2) is 10.8. The van der Waals surface area contributed by atoms with E-state index in [1.165, 1.54) is 0 Å². The molecular weight excluding hydrogens is 482 g/mol. The summed E-state index contributed by atoms with van der Waals surface area (Å²) in [5, 5.41) is 15.4. The minimum Gasteiger partial charge on any atom is -0.388 e. The number of carbonyl (C=O) groups excluding carboxylic acids is 1. The fourth-order valence-corrected chi connectivity index (χ4v) is 4.92. The normalized spacial score (nSPS) is 14.4. The zero-order valence-corrected chi connectivity index (χ0v) is 22.0. The monoisotopic (exact) mass is 511 g/mol. The maximum Gasteiger partial charge on any atom is 0.255 e. The lowest BCUT2D eigenvalue weighted by atomic mass is 10.0. The molecule has 1 aliphatic rings. The number of nitrogens with zero attached hydrogens (tertiary/aromatic N) is 5. The molecule has 3 aromatic rings. The Morgan fingerprint density at radius 2 is 1.94 bits per heavy atom. The minimum atomic E-state index is -0.124. The highest BCUT2D eigenvalue weighted by atomic mass is 35.5. The van der Waals surface area contributed by atoms with Crippen LogP contribution in [0, 0.1) is 12.3 Å². The van der Waals surface area contributed by atoms with Gasteiger partial charge < -0.3 is 10.2 Å². The standard InChI is InChI=1S/C25H30ClN7OS/c1-15(2)24-29-6-5-21(31-24)23(27)19-11-18(20(26)12-22(19)28-4)25(34)33-9-7-32(8-10-33)13-17-14-35-16(3)30-17/h5-6,11-12,14-15,27-28H,7-10,13H2,1-4H3. The molecule has 3 heterocycles. The number of anilines is 1. The van der Waals surface area contributed by atoms with Crippen molar-refractivity contribution >= 4 is 40.2 Å². The van der Waals surface area contributed by atoms with Gasteiger partial charge in [0.05, 0.1) is 32.7 Å². The van der Waals surface area contributed by atoms with Crippen LogP contribution in [0.25, 0.3) is 0 Å². The van der Waals surface area contributed by atoms with Crippen LogP contribution in [0.15, 0.2) is 29.8 Å². The summed E-state index contributed by atoms with van der Waals surface area (Å²) in [4.78, 5) is 31.0. The number of amides is 1. The van der Waals surface area contributed by atoms with E-state index in [1.54, 1.807) is 42.8 Å². The first kappa shape index (κ1) is 25.2. The van der Waals surface area contributed by atoms with Crippen molar-refractivity contribution in [1.29, 1.82) is 5.41 Å². The first-order valence-corrected chi connectivity index (χ1v) is 12.9. The van der Waals surface area contributed by atoms with Gasteiger partial charge in [-0.25, -0.2) is 15.0 Å². The molecule has 1 amide bonds. The lowest BCUT2D eigenvalue weighted by Gasteiger charge is -2.34. The lowest BCUT2D eigenvalue weighted by molar-refractivity contribution is 0.0627. The highest BCUT2D eigenvalue weighted by Gasteiger charge is 2.26. The number of nitrogens with one attached hydrogen (secondary N) is 2. The number of aryl methyl sites for hydroxylation is 1. The summed E-state index contributed by atoms with van der Waals surface area (Å²) in [7, 11) is 1.77. The third-order valence-electron chi connectivity index (χ3n) is 6.03. The van der Waals surface area contributed by atoms with Crippen molar-refractivity contribution in [2.75, 3.05) is 38.5 Å². The molecule has 0 atom stereocenters. The fourth-order valence-electron chi connectivity index (χ4n) is 4.07. The second-order valence-electron chi connectivity index (χ2n) is 8.88. The van der Waals surface area contributed by atoms with Gasteiger partial charge in [0.1, 0.15) is 5.82 Å². The second-order valence-corrected chi connectivity index (χ2v) is 10.4. The summed E-state index contributed by atoms with van der Waals surface area (Å²) >= 11 is 8.21. The number of piperazine rings is 1. The average molecular weight is 512 g/mol. The molecular formula is C25H30ClN7OS. The van der Waals surface area contributed by atoms with E-state index in [4.69, 9.17) is 17.0 Å². The number of hydrogen-bond donors (Lipinski definition) is 2. The van der Waals surface area contributed by atoms with Crippen LogP contribution < -0.4 is 5.32 Å². The van der Waals surface area contributed by atoms with Crippen LogP contribution in [0.3, 0.4) is 0 Å². The van der Waals surface area contributed by atoms with Gasteiger partial charge in [0.25, 0.3) is 5.91 Å². The van der Waals surface area contributed by atoms with E-state index in [-0.39, 0.29) is 17.5 Å². The van der Waals surface area contributed by atoms with Gasteiger partial charge in [-0.2, -0.15) is 0 Å². The quantitative estimate of drug-likeness (QED) is 0.455. The maximum atomic E-state index is 13.4. The smallest absolute Gasteiger partial charge is 0.255 e. The van der Waals surface area contributed by atoms with E-state index in [9.17, 15) is 4.79 Å². The van der Waals surface area contributed by atoms with Gasteiger partial charge in [-0.1, -0.05) is 25.4 Å². The Hall–Kier alpha value is -2.88. The van der Waals surface area contributed by atoms with Gasteiger partial charge >= 0.3 is 0 Å². The number of benzene rings is 1. The molecule has 2 aromatic heterocycles. The third-order valence-corrected chi connectivity index (χ3v) is 7.17. The number of rotatable bonds is 7. The Labute approximate surface area is 214 Å². The van der Waals surface area contributed by atoms with Crippen LogP contribution in [0.4, 0.5) is 5.69 Å². The van der Waals surface area contributed by atoms with Gasteiger partial charge in [0.2, 0.25) is 0 Å². The number of aromatic nitrogens is 3. The molecule has 0 bridgehead atoms.